The first kappa shape index (κ1) is 30.9. The zero-order valence-electron chi connectivity index (χ0n) is 30.6. The topological polar surface area (TPSA) is 25.8 Å². The molecule has 0 aliphatic rings. The number of nitrogens with zero attached hydrogens (tertiary/aromatic N) is 2. The minimum absolute atomic E-state index is 0.199. The maximum atomic E-state index is 5.65. The summed E-state index contributed by atoms with van der Waals surface area (Å²) in [6, 6.07) is 49.3. The Hall–Kier alpha value is -5.86. The molecule has 2 aromatic heterocycles. The summed E-state index contributed by atoms with van der Waals surface area (Å²) >= 11 is 0. The largest absolute Gasteiger partial charge is 0.252 e. The molecule has 52 heavy (non-hydrogen) atoms. The van der Waals surface area contributed by atoms with E-state index in [9.17, 15) is 0 Å². The predicted molar refractivity (Wildman–Crippen MR) is 224 cm³/mol. The minimum atomic E-state index is -0.199. The SMILES string of the molecule is CC(C)(C)c1nc2cc(-c3cc4ccccc4c4ccccc34)cc3c(C(C)(C)C)nc4cc(-c5cc6ccccc6c6ccccc56)cc1c4c23. The Bertz CT molecular complexity index is 2870. The highest BCUT2D eigenvalue weighted by Crippen LogP contribution is 2.46. The average Bonchev–Trinajstić information content (AvgIpc) is 3.14. The van der Waals surface area contributed by atoms with Crippen LogP contribution in [-0.4, -0.2) is 9.97 Å². The van der Waals surface area contributed by atoms with Crippen molar-refractivity contribution >= 4 is 75.7 Å². The summed E-state index contributed by atoms with van der Waals surface area (Å²) < 4.78 is 0. The van der Waals surface area contributed by atoms with Gasteiger partial charge < -0.3 is 0 Å². The molecule has 0 spiro atoms. The van der Waals surface area contributed by atoms with Crippen LogP contribution < -0.4 is 0 Å². The smallest absolute Gasteiger partial charge is 0.0725 e. The van der Waals surface area contributed by atoms with Gasteiger partial charge in [0, 0.05) is 32.4 Å². The molecule has 0 aliphatic heterocycles. The second kappa shape index (κ2) is 10.8. The van der Waals surface area contributed by atoms with E-state index in [2.05, 4.69) is 175 Å². The van der Waals surface area contributed by atoms with E-state index in [4.69, 9.17) is 9.97 Å². The van der Waals surface area contributed by atoms with Crippen LogP contribution in [0.4, 0.5) is 0 Å². The second-order valence-corrected chi connectivity index (χ2v) is 16.6. The van der Waals surface area contributed by atoms with Crippen LogP contribution in [0.25, 0.3) is 97.9 Å². The van der Waals surface area contributed by atoms with Crippen molar-refractivity contribution in [3.8, 4) is 22.3 Å². The van der Waals surface area contributed by atoms with Crippen molar-refractivity contribution in [1.82, 2.24) is 9.97 Å². The zero-order valence-corrected chi connectivity index (χ0v) is 30.6. The average molecular weight is 669 g/mol. The molecule has 2 heterocycles. The second-order valence-electron chi connectivity index (χ2n) is 16.6. The summed E-state index contributed by atoms with van der Waals surface area (Å²) in [5, 5.41) is 14.9. The molecule has 0 unspecified atom stereocenters. The lowest BCUT2D eigenvalue weighted by atomic mass is 9.81. The molecule has 0 N–H and O–H groups in total. The van der Waals surface area contributed by atoms with Crippen LogP contribution in [0.5, 0.6) is 0 Å². The maximum absolute atomic E-state index is 5.65. The lowest BCUT2D eigenvalue weighted by Crippen LogP contribution is -2.17. The molecule has 0 fully saturated rings. The first-order chi connectivity index (χ1) is 25.0. The van der Waals surface area contributed by atoms with E-state index in [1.165, 1.54) is 86.9 Å². The Morgan fingerprint density at radius 3 is 1.08 bits per heavy atom. The molecule has 0 saturated heterocycles. The molecular weight excluding hydrogens is 629 g/mol. The van der Waals surface area contributed by atoms with Crippen molar-refractivity contribution in [2.24, 2.45) is 0 Å². The summed E-state index contributed by atoms with van der Waals surface area (Å²) in [6.07, 6.45) is 0. The van der Waals surface area contributed by atoms with Crippen LogP contribution in [0.15, 0.2) is 133 Å². The zero-order chi connectivity index (χ0) is 35.5. The Balaban J connectivity index is 1.34. The number of hydrogen-bond donors (Lipinski definition) is 0. The van der Waals surface area contributed by atoms with E-state index in [0.29, 0.717) is 0 Å². The van der Waals surface area contributed by atoms with Crippen molar-refractivity contribution in [2.75, 3.05) is 0 Å². The lowest BCUT2D eigenvalue weighted by Gasteiger charge is -2.27. The Kier molecular flexibility index (Phi) is 6.44. The lowest BCUT2D eigenvalue weighted by molar-refractivity contribution is 0.576. The standard InChI is InChI=1S/C50H40N2/c1-49(2,3)47-41-25-31(39-23-29-15-7-9-17-33(29)35-19-11-13-21-37(35)39)28-44-45(41)46-42(48(52-44)50(4,5)6)26-32(27-43(46)51-47)40-24-30-16-8-10-18-34(30)36-20-12-14-22-38(36)40/h7-28H,1-6H3. The van der Waals surface area contributed by atoms with Gasteiger partial charge >= 0.3 is 0 Å². The Morgan fingerprint density at radius 1 is 0.346 bits per heavy atom. The number of benzene rings is 8. The third-order valence-corrected chi connectivity index (χ3v) is 11.0. The Morgan fingerprint density at radius 2 is 0.692 bits per heavy atom. The molecule has 0 amide bonds. The molecule has 0 bridgehead atoms. The molecule has 2 nitrogen and oxygen atoms in total. The summed E-state index contributed by atoms with van der Waals surface area (Å²) in [6.45, 7) is 13.7. The third kappa shape index (κ3) is 4.57. The number of rotatable bonds is 2. The maximum Gasteiger partial charge on any atom is 0.0725 e. The van der Waals surface area contributed by atoms with E-state index in [1.54, 1.807) is 0 Å². The molecule has 10 rings (SSSR count). The first-order valence-corrected chi connectivity index (χ1v) is 18.4. The van der Waals surface area contributed by atoms with E-state index < -0.39 is 0 Å². The van der Waals surface area contributed by atoms with Gasteiger partial charge in [0.25, 0.3) is 0 Å². The molecule has 0 atom stereocenters. The fourth-order valence-electron chi connectivity index (χ4n) is 8.73. The van der Waals surface area contributed by atoms with Crippen LogP contribution >= 0.6 is 0 Å². The van der Waals surface area contributed by atoms with Crippen LogP contribution in [0.2, 0.25) is 0 Å². The Labute approximate surface area is 304 Å². The fraction of sp³-hybridized carbons (Fsp3) is 0.160. The number of hydrogen-bond acceptors (Lipinski definition) is 2. The van der Waals surface area contributed by atoms with Crippen LogP contribution in [-0.2, 0) is 10.8 Å². The summed E-state index contributed by atoms with van der Waals surface area (Å²) in [4.78, 5) is 11.3. The van der Waals surface area contributed by atoms with Crippen molar-refractivity contribution in [2.45, 2.75) is 52.4 Å². The van der Waals surface area contributed by atoms with Gasteiger partial charge in [-0.25, -0.2) is 0 Å². The van der Waals surface area contributed by atoms with Gasteiger partial charge in [0.1, 0.15) is 0 Å². The normalized spacial score (nSPS) is 12.8. The molecule has 0 saturated carbocycles. The van der Waals surface area contributed by atoms with Crippen molar-refractivity contribution < 1.29 is 0 Å². The molecule has 8 aromatic carbocycles. The molecular formula is C50H40N2. The van der Waals surface area contributed by atoms with Gasteiger partial charge in [-0.05, 0) is 102 Å². The summed E-state index contributed by atoms with van der Waals surface area (Å²) in [5.41, 5.74) is 8.67. The van der Waals surface area contributed by atoms with Crippen molar-refractivity contribution in [3.05, 3.63) is 145 Å². The van der Waals surface area contributed by atoms with Crippen LogP contribution in [0.3, 0.4) is 0 Å². The fourth-order valence-corrected chi connectivity index (χ4v) is 8.73. The van der Waals surface area contributed by atoms with Gasteiger partial charge in [-0.2, -0.15) is 0 Å². The van der Waals surface area contributed by atoms with Gasteiger partial charge in [-0.1, -0.05) is 139 Å². The van der Waals surface area contributed by atoms with E-state index in [-0.39, 0.29) is 10.8 Å². The van der Waals surface area contributed by atoms with Crippen molar-refractivity contribution in [1.29, 1.82) is 0 Å². The molecule has 250 valence electrons. The van der Waals surface area contributed by atoms with Gasteiger partial charge in [-0.3, -0.25) is 9.97 Å². The number of pyridine rings is 2. The predicted octanol–water partition coefficient (Wildman–Crippen LogP) is 13.9. The van der Waals surface area contributed by atoms with Crippen LogP contribution in [0, 0.1) is 0 Å². The van der Waals surface area contributed by atoms with Crippen molar-refractivity contribution in [3.63, 3.8) is 0 Å². The first-order valence-electron chi connectivity index (χ1n) is 18.4. The number of aromatic nitrogens is 2. The number of fused-ring (bicyclic) bond motifs is 6. The van der Waals surface area contributed by atoms with Gasteiger partial charge in [0.05, 0.1) is 22.4 Å². The monoisotopic (exact) mass is 668 g/mol. The molecule has 0 aliphatic carbocycles. The molecule has 0 radical (unpaired) electrons. The highest BCUT2D eigenvalue weighted by Gasteiger charge is 2.28. The van der Waals surface area contributed by atoms with Gasteiger partial charge in [-0.15, -0.1) is 0 Å². The minimum Gasteiger partial charge on any atom is -0.252 e. The summed E-state index contributed by atoms with van der Waals surface area (Å²) in [7, 11) is 0. The molecule has 2 heteroatoms. The highest BCUT2D eigenvalue weighted by molar-refractivity contribution is 6.25. The van der Waals surface area contributed by atoms with Gasteiger partial charge in [0.2, 0.25) is 0 Å². The van der Waals surface area contributed by atoms with E-state index >= 15 is 0 Å². The molecule has 10 aromatic rings. The van der Waals surface area contributed by atoms with E-state index in [0.717, 1.165) is 22.4 Å². The van der Waals surface area contributed by atoms with E-state index in [1.807, 2.05) is 0 Å². The van der Waals surface area contributed by atoms with Crippen LogP contribution in [0.1, 0.15) is 52.9 Å². The summed E-state index contributed by atoms with van der Waals surface area (Å²) in [5.74, 6) is 0. The van der Waals surface area contributed by atoms with Gasteiger partial charge in [0.15, 0.2) is 0 Å². The third-order valence-electron chi connectivity index (χ3n) is 11.0. The highest BCUT2D eigenvalue weighted by atomic mass is 14.8. The quantitative estimate of drug-likeness (QED) is 0.171.